The highest BCUT2D eigenvalue weighted by atomic mass is 16.3. The van der Waals surface area contributed by atoms with Crippen LogP contribution in [0.1, 0.15) is 0 Å². The molecule has 0 bridgehead atoms. The summed E-state index contributed by atoms with van der Waals surface area (Å²) >= 11 is 0. The number of aromatic nitrogens is 3. The summed E-state index contributed by atoms with van der Waals surface area (Å²) in [5.41, 5.74) is 40.8. The van der Waals surface area contributed by atoms with Crippen molar-refractivity contribution in [3.63, 3.8) is 0 Å². The molecule has 0 aliphatic carbocycles. The van der Waals surface area contributed by atoms with Crippen LogP contribution in [0.2, 0.25) is 0 Å². The molecule has 0 N–H and O–H groups in total. The summed E-state index contributed by atoms with van der Waals surface area (Å²) in [7, 11) is 0. The maximum absolute atomic E-state index is 6.21. The van der Waals surface area contributed by atoms with Crippen LogP contribution in [0.3, 0.4) is 0 Å². The van der Waals surface area contributed by atoms with Gasteiger partial charge < -0.3 is 35.8 Å². The predicted octanol–water partition coefficient (Wildman–Crippen LogP) is 38.9. The molecule has 0 amide bonds. The van der Waals surface area contributed by atoms with E-state index in [-0.39, 0.29) is 0 Å². The van der Waals surface area contributed by atoms with E-state index in [1.807, 2.05) is 60.7 Å². The Morgan fingerprint density at radius 3 is 0.541 bits per heavy atom. The summed E-state index contributed by atoms with van der Waals surface area (Å²) in [6, 6.07) is 184. The highest BCUT2D eigenvalue weighted by Crippen LogP contribution is 2.46. The van der Waals surface area contributed by atoms with E-state index in [1.54, 1.807) is 0 Å². The van der Waals surface area contributed by atoms with Crippen LogP contribution in [0.25, 0.3) is 292 Å². The Balaban J connectivity index is 0.000000106. The number of hydrogen-bond acceptors (Lipinski definition) is 5. The minimum atomic E-state index is 0.897. The zero-order valence-corrected chi connectivity index (χ0v) is 79.0. The van der Waals surface area contributed by atoms with E-state index in [0.717, 1.165) is 166 Å². The third-order valence-electron chi connectivity index (χ3n) is 29.6. The quantitative estimate of drug-likeness (QED) is 0.122. The van der Waals surface area contributed by atoms with E-state index >= 15 is 0 Å². The number of para-hydroxylation sites is 11. The second-order valence-electron chi connectivity index (χ2n) is 38.1. The molecule has 0 spiro atoms. The zero-order chi connectivity index (χ0) is 96.0. The van der Waals surface area contributed by atoms with Crippen LogP contribution in [0.15, 0.2) is 538 Å². The fraction of sp³-hybridized carbons (Fsp3) is 0. The van der Waals surface area contributed by atoms with Crippen LogP contribution < -0.4 is 0 Å². The molecule has 0 aliphatic heterocycles. The molecule has 0 atom stereocenters. The highest BCUT2D eigenvalue weighted by Gasteiger charge is 2.23. The van der Waals surface area contributed by atoms with Crippen LogP contribution in [0.4, 0.5) is 0 Å². The largest absolute Gasteiger partial charge is 0.456 e. The van der Waals surface area contributed by atoms with Crippen LogP contribution >= 0.6 is 0 Å². The summed E-state index contributed by atoms with van der Waals surface area (Å²) in [6.45, 7) is 0. The van der Waals surface area contributed by atoms with E-state index in [2.05, 4.69) is 469 Å². The molecule has 0 radical (unpaired) electrons. The molecule has 8 heteroatoms. The minimum absolute atomic E-state index is 0.897. The molecular weight excluding hydrogens is 1780 g/mol. The minimum Gasteiger partial charge on any atom is -0.456 e. The normalized spacial score (nSPS) is 11.8. The zero-order valence-electron chi connectivity index (χ0n) is 79.0. The Labute approximate surface area is 837 Å². The molecular formula is C138H85N3O5. The first-order chi connectivity index (χ1) is 72.3. The number of rotatable bonds is 12. The van der Waals surface area contributed by atoms with Gasteiger partial charge in [-0.05, 0) is 282 Å². The average molecular weight is 1870 g/mol. The van der Waals surface area contributed by atoms with Gasteiger partial charge >= 0.3 is 0 Å². The van der Waals surface area contributed by atoms with Crippen LogP contribution in [0, 0.1) is 0 Å². The average Bonchev–Trinajstić information content (AvgIpc) is 1.56. The van der Waals surface area contributed by atoms with Crippen molar-refractivity contribution in [3.8, 4) is 117 Å². The lowest BCUT2D eigenvalue weighted by Crippen LogP contribution is -2.00. The second kappa shape index (κ2) is 34.2. The van der Waals surface area contributed by atoms with Crippen molar-refractivity contribution in [2.75, 3.05) is 0 Å². The number of nitrogens with zero attached hydrogens (tertiary/aromatic N) is 3. The Hall–Kier alpha value is -19.5. The monoisotopic (exact) mass is 1860 g/mol. The van der Waals surface area contributed by atoms with Gasteiger partial charge in [0.2, 0.25) is 0 Å². The third-order valence-corrected chi connectivity index (χ3v) is 29.6. The van der Waals surface area contributed by atoms with Gasteiger partial charge in [0.15, 0.2) is 0 Å². The number of benzene rings is 23. The SMILES string of the molecule is c1cc(-c2ccc(-c3ccc4oc5ccccc5c4c3)cc2)cc(-c2ccc3oc4ccccc4c3c2)c1.c1ccc2c(c1)oc1ccc(-c3ccc(-c4cc(-c5ccc(-n6c7ccccc7c7ccccc76)cc5)cc(-c5ccc6oc7ccccc7c6c5)c4)cc3)cc12.c1ccc2c(c1)oc1ccc(-c3ccc(-c4cc(-n5c6ccccc6c6ccccc65)cc(-n5c6ccccc6c6ccccc65)c4)cc3)cc12. The van der Waals surface area contributed by atoms with Crippen molar-refractivity contribution < 1.29 is 22.1 Å². The summed E-state index contributed by atoms with van der Waals surface area (Å²) in [6.07, 6.45) is 0. The summed E-state index contributed by atoms with van der Waals surface area (Å²) in [5, 5.41) is 18.9. The molecule has 23 aromatic carbocycles. The Morgan fingerprint density at radius 2 is 0.267 bits per heavy atom. The van der Waals surface area contributed by atoms with Crippen molar-refractivity contribution >= 4 is 175 Å². The van der Waals surface area contributed by atoms with Gasteiger partial charge in [0.25, 0.3) is 0 Å². The highest BCUT2D eigenvalue weighted by molar-refractivity contribution is 6.15. The van der Waals surface area contributed by atoms with E-state index in [9.17, 15) is 0 Å². The summed E-state index contributed by atoms with van der Waals surface area (Å²) in [4.78, 5) is 0. The first kappa shape index (κ1) is 83.4. The lowest BCUT2D eigenvalue weighted by molar-refractivity contribution is 0.668. The topological polar surface area (TPSA) is 80.5 Å². The van der Waals surface area contributed by atoms with Gasteiger partial charge in [-0.25, -0.2) is 0 Å². The molecule has 0 saturated carbocycles. The summed E-state index contributed by atoms with van der Waals surface area (Å²) < 4.78 is 37.7. The van der Waals surface area contributed by atoms with E-state index in [0.29, 0.717) is 0 Å². The van der Waals surface area contributed by atoms with E-state index in [1.165, 1.54) is 127 Å². The van der Waals surface area contributed by atoms with Gasteiger partial charge in [0.1, 0.15) is 55.8 Å². The van der Waals surface area contributed by atoms with Crippen molar-refractivity contribution in [1.29, 1.82) is 0 Å². The second-order valence-corrected chi connectivity index (χ2v) is 38.1. The van der Waals surface area contributed by atoms with E-state index < -0.39 is 0 Å². The first-order valence-electron chi connectivity index (χ1n) is 49.7. The molecule has 8 heterocycles. The molecule has 8 aromatic heterocycles. The molecule has 146 heavy (non-hydrogen) atoms. The molecule has 0 saturated heterocycles. The molecule has 31 rings (SSSR count). The fourth-order valence-electron chi connectivity index (χ4n) is 22.5. The van der Waals surface area contributed by atoms with Gasteiger partial charge in [-0.1, -0.05) is 334 Å². The van der Waals surface area contributed by atoms with Crippen LogP contribution in [0.5, 0.6) is 0 Å². The van der Waals surface area contributed by atoms with E-state index in [4.69, 9.17) is 22.1 Å². The van der Waals surface area contributed by atoms with Crippen LogP contribution in [-0.2, 0) is 0 Å². The van der Waals surface area contributed by atoms with Crippen molar-refractivity contribution in [2.24, 2.45) is 0 Å². The van der Waals surface area contributed by atoms with Crippen molar-refractivity contribution in [3.05, 3.63) is 516 Å². The van der Waals surface area contributed by atoms with Gasteiger partial charge in [-0.3, -0.25) is 0 Å². The van der Waals surface area contributed by atoms with Gasteiger partial charge in [-0.15, -0.1) is 0 Å². The number of furan rings is 5. The number of fused-ring (bicyclic) bond motifs is 24. The predicted molar refractivity (Wildman–Crippen MR) is 608 cm³/mol. The molecule has 0 fully saturated rings. The maximum Gasteiger partial charge on any atom is 0.135 e. The Kier molecular flexibility index (Phi) is 19.5. The van der Waals surface area contributed by atoms with Gasteiger partial charge in [0.05, 0.1) is 33.1 Å². The lowest BCUT2D eigenvalue weighted by atomic mass is 9.92. The van der Waals surface area contributed by atoms with Gasteiger partial charge in [0, 0.05) is 103 Å². The Bertz CT molecular complexity index is 10400. The van der Waals surface area contributed by atoms with Crippen molar-refractivity contribution in [1.82, 2.24) is 13.7 Å². The molecule has 8 nitrogen and oxygen atoms in total. The number of hydrogen-bond donors (Lipinski definition) is 0. The van der Waals surface area contributed by atoms with Crippen LogP contribution in [-0.4, -0.2) is 13.7 Å². The first-order valence-corrected chi connectivity index (χ1v) is 49.7. The molecule has 0 aliphatic rings. The fourth-order valence-corrected chi connectivity index (χ4v) is 22.5. The van der Waals surface area contributed by atoms with Gasteiger partial charge in [-0.2, -0.15) is 0 Å². The lowest BCUT2D eigenvalue weighted by Gasteiger charge is -2.16. The molecule has 31 aromatic rings. The third kappa shape index (κ3) is 14.3. The summed E-state index contributed by atoms with van der Waals surface area (Å²) in [5.74, 6) is 0. The Morgan fingerprint density at radius 1 is 0.0959 bits per heavy atom. The van der Waals surface area contributed by atoms with Crippen molar-refractivity contribution in [2.45, 2.75) is 0 Å². The molecule has 0 unspecified atom stereocenters. The standard InChI is InChI=1S/C54H33NO2.C48H30N2O.C36H22O2/c1-5-13-49-43(9-1)44-10-2-6-14-50(44)55(49)42-25-21-36(22-26-42)40-29-39(30-41(31-40)38-24-28-54-48(33-38)46-12-4-8-16-52(46)57-54)35-19-17-34(18-20-35)37-23-27-53-47(32-37)45-11-3-7-15-51(45)56-53;1-6-16-43-37(11-1)38-12-2-7-17-44(38)49(43)35-27-34(28-36(30-35)50-45-18-8-3-13-39(45)40-14-4-9-19-46(40)50)32-23-21-31(22-24-32)33-25-26-48-42(29-33)41-15-5-10-20-47(41)51-48;1-3-10-33-29(8-1)31-21-27(16-18-35(31)37-33)24-14-12-23(13-15-24)25-6-5-7-26(20-25)28-17-19-36-32(22-28)30-9-2-4-11-34(30)38-36/h1-33H;1-30H;1-22H. The smallest absolute Gasteiger partial charge is 0.135 e. The molecule has 682 valence electrons. The maximum atomic E-state index is 6.21.